The second kappa shape index (κ2) is 7.63. The number of ether oxygens (including phenoxy) is 2. The second-order valence-electron chi connectivity index (χ2n) is 6.21. The number of furan rings is 1. The topological polar surface area (TPSA) is 60.6 Å². The molecule has 1 atom stereocenters. The van der Waals surface area contributed by atoms with E-state index in [1.165, 1.54) is 6.07 Å². The predicted molar refractivity (Wildman–Crippen MR) is 85.7 cm³/mol. The van der Waals surface area contributed by atoms with E-state index in [0.717, 1.165) is 29.8 Å². The third-order valence-electron chi connectivity index (χ3n) is 4.12. The van der Waals surface area contributed by atoms with Crippen molar-refractivity contribution >= 4 is 0 Å². The van der Waals surface area contributed by atoms with Gasteiger partial charge in [-0.2, -0.15) is 18.2 Å². The molecule has 1 saturated heterocycles. The third-order valence-corrected chi connectivity index (χ3v) is 4.12. The van der Waals surface area contributed by atoms with Crippen LogP contribution in [-0.2, 0) is 17.5 Å². The van der Waals surface area contributed by atoms with Crippen LogP contribution in [-0.4, -0.2) is 47.3 Å². The van der Waals surface area contributed by atoms with Gasteiger partial charge in [-0.1, -0.05) is 0 Å². The number of nitrogens with zero attached hydrogens (tertiary/aromatic N) is 3. The molecule has 1 aliphatic heterocycles. The zero-order chi connectivity index (χ0) is 18.7. The van der Waals surface area contributed by atoms with Gasteiger partial charge in [0.15, 0.2) is 0 Å². The summed E-state index contributed by atoms with van der Waals surface area (Å²) in [6.45, 7) is 6.55. The summed E-state index contributed by atoms with van der Waals surface area (Å²) in [7, 11) is 0. The Balaban J connectivity index is 1.54. The SMILES string of the molecule is Cc1cc(CN2CCOC(COc3ccnc(C(F)(F)F)n3)C2)oc1C. The first kappa shape index (κ1) is 18.7. The van der Waals surface area contributed by atoms with Crippen LogP contribution in [0, 0.1) is 13.8 Å². The average Bonchev–Trinajstić information content (AvgIpc) is 2.90. The molecule has 0 bridgehead atoms. The highest BCUT2D eigenvalue weighted by molar-refractivity contribution is 5.18. The minimum atomic E-state index is -4.60. The van der Waals surface area contributed by atoms with Crippen molar-refractivity contribution in [1.82, 2.24) is 14.9 Å². The molecule has 2 aromatic rings. The first-order valence-electron chi connectivity index (χ1n) is 8.24. The van der Waals surface area contributed by atoms with Crippen LogP contribution in [0.25, 0.3) is 0 Å². The molecular weight excluding hydrogens is 351 g/mol. The lowest BCUT2D eigenvalue weighted by atomic mass is 10.2. The molecule has 0 spiro atoms. The number of halogens is 3. The second-order valence-corrected chi connectivity index (χ2v) is 6.21. The quantitative estimate of drug-likeness (QED) is 0.805. The van der Waals surface area contributed by atoms with Gasteiger partial charge in [-0.3, -0.25) is 4.90 Å². The monoisotopic (exact) mass is 371 g/mol. The number of rotatable bonds is 5. The maximum atomic E-state index is 12.6. The van der Waals surface area contributed by atoms with Crippen LogP contribution in [0.15, 0.2) is 22.7 Å². The standard InChI is InChI=1S/C17H20F3N3O3/c1-11-7-13(26-12(11)2)8-23-5-6-24-14(9-23)10-25-15-3-4-21-16(22-15)17(18,19)20/h3-4,7,14H,5-6,8-10H2,1-2H3. The molecule has 1 fully saturated rings. The molecule has 3 rings (SSSR count). The highest BCUT2D eigenvalue weighted by Gasteiger charge is 2.35. The molecule has 26 heavy (non-hydrogen) atoms. The van der Waals surface area contributed by atoms with Crippen molar-refractivity contribution in [3.05, 3.63) is 41.2 Å². The van der Waals surface area contributed by atoms with Gasteiger partial charge in [0.1, 0.15) is 24.2 Å². The van der Waals surface area contributed by atoms with E-state index in [0.29, 0.717) is 19.7 Å². The Morgan fingerprint density at radius 2 is 2.15 bits per heavy atom. The zero-order valence-corrected chi connectivity index (χ0v) is 14.5. The third kappa shape index (κ3) is 4.73. The van der Waals surface area contributed by atoms with Gasteiger partial charge < -0.3 is 13.9 Å². The molecule has 2 aromatic heterocycles. The van der Waals surface area contributed by atoms with E-state index in [2.05, 4.69) is 14.9 Å². The summed E-state index contributed by atoms with van der Waals surface area (Å²) in [6, 6.07) is 3.31. The molecule has 0 aliphatic carbocycles. The van der Waals surface area contributed by atoms with Crippen LogP contribution in [0.3, 0.4) is 0 Å². The minimum absolute atomic E-state index is 0.112. The van der Waals surface area contributed by atoms with Gasteiger partial charge in [-0.05, 0) is 25.5 Å². The predicted octanol–water partition coefficient (Wildman–Crippen LogP) is 2.99. The van der Waals surface area contributed by atoms with E-state index < -0.39 is 12.0 Å². The normalized spacial score (nSPS) is 18.9. The summed E-state index contributed by atoms with van der Waals surface area (Å²) in [4.78, 5) is 8.76. The largest absolute Gasteiger partial charge is 0.475 e. The first-order chi connectivity index (χ1) is 12.3. The van der Waals surface area contributed by atoms with Gasteiger partial charge in [0.05, 0.1) is 13.2 Å². The lowest BCUT2D eigenvalue weighted by Crippen LogP contribution is -2.44. The van der Waals surface area contributed by atoms with E-state index in [4.69, 9.17) is 13.9 Å². The van der Waals surface area contributed by atoms with Crippen LogP contribution in [0.4, 0.5) is 13.2 Å². The zero-order valence-electron chi connectivity index (χ0n) is 14.5. The number of hydrogen-bond acceptors (Lipinski definition) is 6. The average molecular weight is 371 g/mol. The first-order valence-corrected chi connectivity index (χ1v) is 8.24. The fraction of sp³-hybridized carbons (Fsp3) is 0.529. The molecular formula is C17H20F3N3O3. The molecule has 0 saturated carbocycles. The minimum Gasteiger partial charge on any atom is -0.475 e. The summed E-state index contributed by atoms with van der Waals surface area (Å²) < 4.78 is 54.6. The molecule has 9 heteroatoms. The maximum absolute atomic E-state index is 12.6. The summed E-state index contributed by atoms with van der Waals surface area (Å²) in [6.07, 6.45) is -3.83. The highest BCUT2D eigenvalue weighted by atomic mass is 19.4. The molecule has 3 heterocycles. The summed E-state index contributed by atoms with van der Waals surface area (Å²) in [5, 5.41) is 0. The Morgan fingerprint density at radius 1 is 1.35 bits per heavy atom. The van der Waals surface area contributed by atoms with Gasteiger partial charge in [0, 0.05) is 25.4 Å². The van der Waals surface area contributed by atoms with E-state index in [1.807, 2.05) is 19.9 Å². The van der Waals surface area contributed by atoms with Gasteiger partial charge in [-0.15, -0.1) is 0 Å². The number of morpholine rings is 1. The highest BCUT2D eigenvalue weighted by Crippen LogP contribution is 2.26. The van der Waals surface area contributed by atoms with Crippen molar-refractivity contribution in [2.45, 2.75) is 32.7 Å². The van der Waals surface area contributed by atoms with Crippen molar-refractivity contribution < 1.29 is 27.1 Å². The van der Waals surface area contributed by atoms with Gasteiger partial charge in [0.25, 0.3) is 0 Å². The Bertz CT molecular complexity index is 729. The molecule has 1 unspecified atom stereocenters. The lowest BCUT2D eigenvalue weighted by Gasteiger charge is -2.32. The van der Waals surface area contributed by atoms with Crippen molar-refractivity contribution in [3.8, 4) is 5.88 Å². The molecule has 6 nitrogen and oxygen atoms in total. The van der Waals surface area contributed by atoms with Crippen molar-refractivity contribution in [3.63, 3.8) is 0 Å². The molecule has 0 aromatic carbocycles. The van der Waals surface area contributed by atoms with Gasteiger partial charge in [0.2, 0.25) is 11.7 Å². The van der Waals surface area contributed by atoms with Crippen molar-refractivity contribution in [2.75, 3.05) is 26.3 Å². The molecule has 1 aliphatic rings. The Morgan fingerprint density at radius 3 is 2.85 bits per heavy atom. The molecule has 0 radical (unpaired) electrons. The Labute approximate surface area is 148 Å². The summed E-state index contributed by atoms with van der Waals surface area (Å²) in [5.41, 5.74) is 1.11. The van der Waals surface area contributed by atoms with Crippen LogP contribution < -0.4 is 4.74 Å². The number of aryl methyl sites for hydroxylation is 2. The molecule has 0 N–H and O–H groups in total. The van der Waals surface area contributed by atoms with Crippen LogP contribution >= 0.6 is 0 Å². The van der Waals surface area contributed by atoms with E-state index >= 15 is 0 Å². The number of aromatic nitrogens is 2. The Hall–Kier alpha value is -2.13. The number of hydrogen-bond donors (Lipinski definition) is 0. The van der Waals surface area contributed by atoms with Gasteiger partial charge >= 0.3 is 6.18 Å². The van der Waals surface area contributed by atoms with Crippen LogP contribution in [0.2, 0.25) is 0 Å². The molecule has 0 amide bonds. The van der Waals surface area contributed by atoms with E-state index in [9.17, 15) is 13.2 Å². The van der Waals surface area contributed by atoms with Crippen LogP contribution in [0.1, 0.15) is 22.9 Å². The number of alkyl halides is 3. The smallest absolute Gasteiger partial charge is 0.451 e. The van der Waals surface area contributed by atoms with Crippen molar-refractivity contribution in [2.24, 2.45) is 0 Å². The fourth-order valence-corrected chi connectivity index (χ4v) is 2.71. The van der Waals surface area contributed by atoms with E-state index in [-0.39, 0.29) is 18.6 Å². The van der Waals surface area contributed by atoms with Crippen molar-refractivity contribution in [1.29, 1.82) is 0 Å². The fourth-order valence-electron chi connectivity index (χ4n) is 2.71. The molecule has 142 valence electrons. The Kier molecular flexibility index (Phi) is 5.47. The summed E-state index contributed by atoms with van der Waals surface area (Å²) in [5.74, 6) is 0.444. The van der Waals surface area contributed by atoms with Crippen LogP contribution in [0.5, 0.6) is 5.88 Å². The summed E-state index contributed by atoms with van der Waals surface area (Å²) >= 11 is 0. The lowest BCUT2D eigenvalue weighted by molar-refractivity contribution is -0.145. The van der Waals surface area contributed by atoms with E-state index in [1.54, 1.807) is 0 Å². The maximum Gasteiger partial charge on any atom is 0.451 e. The van der Waals surface area contributed by atoms with Gasteiger partial charge in [-0.25, -0.2) is 4.98 Å².